The average Bonchev–Trinajstić information content (AvgIpc) is 2.90. The van der Waals surface area contributed by atoms with Crippen LogP contribution in [0.15, 0.2) is 34.3 Å². The zero-order valence-corrected chi connectivity index (χ0v) is 10.9. The third-order valence-corrected chi connectivity index (χ3v) is 3.20. The lowest BCUT2D eigenvalue weighted by Crippen LogP contribution is -2.02. The van der Waals surface area contributed by atoms with E-state index in [1.807, 2.05) is 38.1 Å². The number of allylic oxidation sites excluding steroid dienone is 1. The first-order valence-electron chi connectivity index (χ1n) is 5.32. The van der Waals surface area contributed by atoms with Gasteiger partial charge in [-0.3, -0.25) is 0 Å². The van der Waals surface area contributed by atoms with Gasteiger partial charge < -0.3 is 4.74 Å². The lowest BCUT2D eigenvalue weighted by Gasteiger charge is -1.95. The van der Waals surface area contributed by atoms with E-state index >= 15 is 0 Å². The van der Waals surface area contributed by atoms with Crippen LogP contribution in [0.4, 0.5) is 0 Å². The Labute approximate surface area is 103 Å². The number of hydrogen-bond donors (Lipinski definition) is 0. The lowest BCUT2D eigenvalue weighted by atomic mass is 10.1. The Morgan fingerprint density at radius 1 is 1.50 bits per heavy atom. The van der Waals surface area contributed by atoms with Gasteiger partial charge in [-0.1, -0.05) is 35.0 Å². The molecule has 2 nitrogen and oxygen atoms in total. The highest BCUT2D eigenvalue weighted by Gasteiger charge is 2.39. The highest BCUT2D eigenvalue weighted by atomic mass is 79.9. The smallest absolute Gasteiger partial charge is 0.334 e. The van der Waals surface area contributed by atoms with Crippen LogP contribution in [0.1, 0.15) is 19.4 Å². The van der Waals surface area contributed by atoms with E-state index in [0.29, 0.717) is 6.61 Å². The molecule has 0 amide bonds. The Morgan fingerprint density at radius 2 is 2.25 bits per heavy atom. The van der Waals surface area contributed by atoms with Crippen molar-refractivity contribution >= 4 is 27.5 Å². The molecule has 0 radical (unpaired) electrons. The van der Waals surface area contributed by atoms with Crippen molar-refractivity contribution in [2.45, 2.75) is 13.8 Å². The number of esters is 1. The summed E-state index contributed by atoms with van der Waals surface area (Å²) in [6, 6.07) is 7.99. The number of carbonyl (C=O) groups is 1. The van der Waals surface area contributed by atoms with Crippen LogP contribution in [0.5, 0.6) is 0 Å². The van der Waals surface area contributed by atoms with Gasteiger partial charge in [0.1, 0.15) is 0 Å². The van der Waals surface area contributed by atoms with Crippen LogP contribution in [0, 0.1) is 5.92 Å². The van der Waals surface area contributed by atoms with E-state index in [1.54, 1.807) is 0 Å². The molecule has 1 atom stereocenters. The fourth-order valence-corrected chi connectivity index (χ4v) is 2.29. The highest BCUT2D eigenvalue weighted by Crippen LogP contribution is 2.47. The van der Waals surface area contributed by atoms with Crippen LogP contribution in [0.25, 0.3) is 5.57 Å². The van der Waals surface area contributed by atoms with Crippen molar-refractivity contribution in [2.24, 2.45) is 5.92 Å². The summed E-state index contributed by atoms with van der Waals surface area (Å²) in [4.78, 5) is 11.6. The molecular weight excluding hydrogens is 268 g/mol. The van der Waals surface area contributed by atoms with E-state index in [9.17, 15) is 4.79 Å². The molecule has 1 aliphatic rings. The van der Waals surface area contributed by atoms with E-state index in [4.69, 9.17) is 4.74 Å². The van der Waals surface area contributed by atoms with Crippen molar-refractivity contribution in [3.05, 3.63) is 39.9 Å². The van der Waals surface area contributed by atoms with Crippen molar-refractivity contribution in [3.63, 3.8) is 0 Å². The summed E-state index contributed by atoms with van der Waals surface area (Å²) in [5.74, 6) is 0.0540. The molecule has 0 spiro atoms. The number of hydrogen-bond acceptors (Lipinski definition) is 2. The molecule has 1 aromatic rings. The third-order valence-electron chi connectivity index (χ3n) is 2.70. The number of ether oxygens (including phenoxy) is 1. The van der Waals surface area contributed by atoms with Crippen LogP contribution in [0.2, 0.25) is 0 Å². The van der Waals surface area contributed by atoms with Crippen LogP contribution >= 0.6 is 15.9 Å². The normalized spacial score (nSPS) is 18.6. The summed E-state index contributed by atoms with van der Waals surface area (Å²) in [7, 11) is 0. The first-order valence-corrected chi connectivity index (χ1v) is 6.11. The molecule has 0 N–H and O–H groups in total. The topological polar surface area (TPSA) is 26.3 Å². The van der Waals surface area contributed by atoms with E-state index in [0.717, 1.165) is 21.2 Å². The molecule has 0 heterocycles. The fraction of sp³-hybridized carbons (Fsp3) is 0.308. The Balaban J connectivity index is 2.26. The Kier molecular flexibility index (Phi) is 3.15. The molecule has 1 aromatic carbocycles. The zero-order valence-electron chi connectivity index (χ0n) is 9.29. The van der Waals surface area contributed by atoms with E-state index < -0.39 is 0 Å². The monoisotopic (exact) mass is 280 g/mol. The van der Waals surface area contributed by atoms with Crippen molar-refractivity contribution in [1.82, 2.24) is 0 Å². The minimum Gasteiger partial charge on any atom is -0.463 e. The van der Waals surface area contributed by atoms with Gasteiger partial charge in [0.05, 0.1) is 6.61 Å². The SMILES string of the molecule is CCOC(=O)C1=C(c2cccc(Br)c2)C1C. The quantitative estimate of drug-likeness (QED) is 0.793. The Bertz CT molecular complexity index is 463. The van der Waals surface area contributed by atoms with E-state index in [1.165, 1.54) is 0 Å². The van der Waals surface area contributed by atoms with Crippen molar-refractivity contribution in [2.75, 3.05) is 6.61 Å². The highest BCUT2D eigenvalue weighted by molar-refractivity contribution is 9.10. The maximum atomic E-state index is 11.6. The van der Waals surface area contributed by atoms with Gasteiger partial charge in [0.2, 0.25) is 0 Å². The molecule has 1 aliphatic carbocycles. The van der Waals surface area contributed by atoms with Gasteiger partial charge in [0.25, 0.3) is 0 Å². The first-order chi connectivity index (χ1) is 7.65. The minimum absolute atomic E-state index is 0.176. The first kappa shape index (κ1) is 11.4. The van der Waals surface area contributed by atoms with Gasteiger partial charge >= 0.3 is 5.97 Å². The third kappa shape index (κ3) is 2.05. The maximum Gasteiger partial charge on any atom is 0.334 e. The van der Waals surface area contributed by atoms with E-state index in [-0.39, 0.29) is 11.9 Å². The Morgan fingerprint density at radius 3 is 2.88 bits per heavy atom. The standard InChI is InChI=1S/C13H13BrO2/c1-3-16-13(15)12-8(2)11(12)9-5-4-6-10(14)7-9/h4-8H,3H2,1-2H3. The fourth-order valence-electron chi connectivity index (χ4n) is 1.89. The predicted molar refractivity (Wildman–Crippen MR) is 66.9 cm³/mol. The summed E-state index contributed by atoms with van der Waals surface area (Å²) in [5.41, 5.74) is 3.03. The van der Waals surface area contributed by atoms with Gasteiger partial charge in [-0.2, -0.15) is 0 Å². The molecule has 0 bridgehead atoms. The number of benzene rings is 1. The zero-order chi connectivity index (χ0) is 11.7. The second-order valence-corrected chi connectivity index (χ2v) is 4.70. The van der Waals surface area contributed by atoms with Crippen molar-refractivity contribution in [3.8, 4) is 0 Å². The molecular formula is C13H13BrO2. The largest absolute Gasteiger partial charge is 0.463 e. The van der Waals surface area contributed by atoms with Gasteiger partial charge in [0, 0.05) is 16.0 Å². The molecule has 0 saturated heterocycles. The van der Waals surface area contributed by atoms with Gasteiger partial charge in [-0.15, -0.1) is 0 Å². The van der Waals surface area contributed by atoms with Crippen LogP contribution < -0.4 is 0 Å². The summed E-state index contributed by atoms with van der Waals surface area (Å²) < 4.78 is 6.04. The van der Waals surface area contributed by atoms with Crippen LogP contribution in [-0.4, -0.2) is 12.6 Å². The summed E-state index contributed by atoms with van der Waals surface area (Å²) in [6.45, 7) is 4.29. The van der Waals surface area contributed by atoms with Crippen molar-refractivity contribution < 1.29 is 9.53 Å². The summed E-state index contributed by atoms with van der Waals surface area (Å²) in [6.07, 6.45) is 0. The number of halogens is 1. The molecule has 0 fully saturated rings. The van der Waals surface area contributed by atoms with Gasteiger partial charge in [0.15, 0.2) is 0 Å². The van der Waals surface area contributed by atoms with Crippen molar-refractivity contribution in [1.29, 1.82) is 0 Å². The molecule has 2 rings (SSSR count). The minimum atomic E-state index is -0.176. The number of rotatable bonds is 3. The average molecular weight is 281 g/mol. The molecule has 1 unspecified atom stereocenters. The van der Waals surface area contributed by atoms with Crippen LogP contribution in [-0.2, 0) is 9.53 Å². The predicted octanol–water partition coefficient (Wildman–Crippen LogP) is 3.42. The lowest BCUT2D eigenvalue weighted by molar-refractivity contribution is -0.138. The molecule has 16 heavy (non-hydrogen) atoms. The maximum absolute atomic E-state index is 11.6. The second-order valence-electron chi connectivity index (χ2n) is 3.78. The molecule has 3 heteroatoms. The number of carbonyl (C=O) groups excluding carboxylic acids is 1. The summed E-state index contributed by atoms with van der Waals surface area (Å²) in [5, 5.41) is 0. The van der Waals surface area contributed by atoms with E-state index in [2.05, 4.69) is 15.9 Å². The molecule has 84 valence electrons. The summed E-state index contributed by atoms with van der Waals surface area (Å²) >= 11 is 3.43. The van der Waals surface area contributed by atoms with Gasteiger partial charge in [-0.25, -0.2) is 4.79 Å². The molecule has 0 aromatic heterocycles. The van der Waals surface area contributed by atoms with Gasteiger partial charge in [-0.05, 0) is 30.2 Å². The Hall–Kier alpha value is -1.09. The van der Waals surface area contributed by atoms with Crippen LogP contribution in [0.3, 0.4) is 0 Å². The second kappa shape index (κ2) is 4.42. The molecule has 0 aliphatic heterocycles. The molecule has 0 saturated carbocycles.